The van der Waals surface area contributed by atoms with Gasteiger partial charge >= 0.3 is 0 Å². The number of hydrogen-bond acceptors (Lipinski definition) is 8. The molecular formula is C27H28FN7O2. The molecule has 1 aromatic heterocycles. The summed E-state index contributed by atoms with van der Waals surface area (Å²) in [4.78, 5) is 35.7. The Labute approximate surface area is 214 Å². The first kappa shape index (κ1) is 25.6. The van der Waals surface area contributed by atoms with E-state index in [0.29, 0.717) is 55.7 Å². The fourth-order valence-corrected chi connectivity index (χ4v) is 4.09. The van der Waals surface area contributed by atoms with Crippen LogP contribution in [-0.4, -0.2) is 52.7 Å². The highest BCUT2D eigenvalue weighted by atomic mass is 19.1. The van der Waals surface area contributed by atoms with Crippen LogP contribution in [0.25, 0.3) is 0 Å². The van der Waals surface area contributed by atoms with Crippen LogP contribution in [0, 0.1) is 17.1 Å². The van der Waals surface area contributed by atoms with E-state index in [-0.39, 0.29) is 30.3 Å². The lowest BCUT2D eigenvalue weighted by molar-refractivity contribution is -0.133. The minimum absolute atomic E-state index is 0.00191. The third-order valence-electron chi connectivity index (χ3n) is 6.01. The molecule has 3 aromatic rings. The lowest BCUT2D eigenvalue weighted by atomic mass is 10.1. The molecule has 1 amide bonds. The Bertz CT molecular complexity index is 1320. The Hall–Kier alpha value is -4.52. The molecule has 0 aliphatic carbocycles. The van der Waals surface area contributed by atoms with Crippen molar-refractivity contribution >= 4 is 40.5 Å². The van der Waals surface area contributed by atoms with E-state index in [2.05, 4.69) is 26.7 Å². The fraction of sp³-hybridized carbons (Fsp3) is 0.296. The second-order valence-corrected chi connectivity index (χ2v) is 8.79. The number of aromatic nitrogens is 2. The molecule has 4 rings (SSSR count). The third-order valence-corrected chi connectivity index (χ3v) is 6.01. The summed E-state index contributed by atoms with van der Waals surface area (Å²) in [7, 11) is 0. The summed E-state index contributed by atoms with van der Waals surface area (Å²) in [5.74, 6) is 0.437. The number of ketones is 1. The second-order valence-electron chi connectivity index (χ2n) is 8.79. The predicted octanol–water partition coefficient (Wildman–Crippen LogP) is 4.19. The summed E-state index contributed by atoms with van der Waals surface area (Å²) in [6.07, 6.45) is 2.39. The van der Waals surface area contributed by atoms with E-state index in [0.717, 1.165) is 11.3 Å². The number of anilines is 5. The van der Waals surface area contributed by atoms with E-state index in [1.165, 1.54) is 13.0 Å². The van der Waals surface area contributed by atoms with Gasteiger partial charge in [-0.05, 0) is 48.9 Å². The van der Waals surface area contributed by atoms with E-state index < -0.39 is 0 Å². The zero-order valence-electron chi connectivity index (χ0n) is 20.6. The number of carbonyl (C=O) groups is 2. The fourth-order valence-electron chi connectivity index (χ4n) is 4.09. The molecule has 2 aromatic carbocycles. The van der Waals surface area contributed by atoms with Gasteiger partial charge in [0.15, 0.2) is 0 Å². The maximum absolute atomic E-state index is 15.0. The highest BCUT2D eigenvalue weighted by Crippen LogP contribution is 2.26. The van der Waals surface area contributed by atoms with Crippen molar-refractivity contribution < 1.29 is 14.0 Å². The summed E-state index contributed by atoms with van der Waals surface area (Å²) < 4.78 is 15.0. The molecule has 0 unspecified atom stereocenters. The van der Waals surface area contributed by atoms with Crippen molar-refractivity contribution in [3.8, 4) is 6.07 Å². The third kappa shape index (κ3) is 7.01. The van der Waals surface area contributed by atoms with E-state index >= 15 is 0 Å². The zero-order valence-corrected chi connectivity index (χ0v) is 20.6. The molecule has 2 N–H and O–H groups in total. The number of nitrogens with zero attached hydrogens (tertiary/aromatic N) is 5. The smallest absolute Gasteiger partial charge is 0.229 e. The summed E-state index contributed by atoms with van der Waals surface area (Å²) in [6, 6.07) is 16.2. The zero-order chi connectivity index (χ0) is 26.2. The minimum atomic E-state index is -0.384. The molecule has 37 heavy (non-hydrogen) atoms. The molecule has 1 aliphatic heterocycles. The number of halogens is 1. The van der Waals surface area contributed by atoms with Gasteiger partial charge in [0.05, 0.1) is 18.2 Å². The largest absolute Gasteiger partial charge is 0.366 e. The number of piperazine rings is 1. The van der Waals surface area contributed by atoms with E-state index in [1.807, 2.05) is 29.2 Å². The quantitative estimate of drug-likeness (QED) is 0.449. The first-order valence-corrected chi connectivity index (χ1v) is 12.1. The molecule has 2 heterocycles. The molecule has 0 radical (unpaired) electrons. The molecule has 0 saturated carbocycles. The first-order valence-electron chi connectivity index (χ1n) is 12.1. The molecule has 1 fully saturated rings. The SMILES string of the molecule is CC(=O)CCC(=O)N1CCN(c2ccc(Nc3nccc(Nc4cccc(CC#N)c4)n3)cc2F)CC1. The topological polar surface area (TPSA) is 114 Å². The van der Waals surface area contributed by atoms with Crippen molar-refractivity contribution in [2.75, 3.05) is 41.7 Å². The predicted molar refractivity (Wildman–Crippen MR) is 139 cm³/mol. The Kier molecular flexibility index (Phi) is 8.26. The van der Waals surface area contributed by atoms with Crippen LogP contribution in [-0.2, 0) is 16.0 Å². The van der Waals surface area contributed by atoms with E-state index in [9.17, 15) is 14.0 Å². The van der Waals surface area contributed by atoms with Gasteiger partial charge in [-0.25, -0.2) is 9.37 Å². The molecule has 9 nitrogen and oxygen atoms in total. The van der Waals surface area contributed by atoms with Gasteiger partial charge in [-0.2, -0.15) is 10.2 Å². The Balaban J connectivity index is 1.36. The number of carbonyl (C=O) groups excluding carboxylic acids is 2. The average Bonchev–Trinajstić information content (AvgIpc) is 2.88. The Morgan fingerprint density at radius 3 is 2.54 bits per heavy atom. The van der Waals surface area contributed by atoms with Gasteiger partial charge in [-0.15, -0.1) is 0 Å². The normalized spacial score (nSPS) is 13.1. The van der Waals surface area contributed by atoms with Crippen molar-refractivity contribution in [3.63, 3.8) is 0 Å². The standard InChI is InChI=1S/C27H28FN7O2/c1-19(36)5-8-26(37)35-15-13-34(14-16-35)24-7-6-22(18-23(24)28)32-27-30-12-10-25(33-27)31-21-4-2-3-20(17-21)9-11-29/h2-4,6-7,10,12,17-18H,5,8-9,13-16H2,1H3,(H2,30,31,32,33). The van der Waals surface area contributed by atoms with Crippen molar-refractivity contribution in [2.45, 2.75) is 26.2 Å². The maximum atomic E-state index is 15.0. The molecule has 190 valence electrons. The summed E-state index contributed by atoms with van der Waals surface area (Å²) >= 11 is 0. The minimum Gasteiger partial charge on any atom is -0.366 e. The van der Waals surface area contributed by atoms with Crippen LogP contribution in [0.4, 0.5) is 33.2 Å². The molecule has 0 spiro atoms. The van der Waals surface area contributed by atoms with Gasteiger partial charge in [0, 0.05) is 56.6 Å². The molecule has 1 saturated heterocycles. The van der Waals surface area contributed by atoms with Crippen LogP contribution >= 0.6 is 0 Å². The lowest BCUT2D eigenvalue weighted by Crippen LogP contribution is -2.49. The van der Waals surface area contributed by atoms with Crippen LogP contribution in [0.2, 0.25) is 0 Å². The van der Waals surface area contributed by atoms with Crippen molar-refractivity contribution in [1.82, 2.24) is 14.9 Å². The number of hydrogen-bond donors (Lipinski definition) is 2. The number of Topliss-reactive ketones (excluding diaryl/α,β-unsaturated/α-hetero) is 1. The number of rotatable bonds is 9. The summed E-state index contributed by atoms with van der Waals surface area (Å²) in [5, 5.41) is 15.1. The van der Waals surface area contributed by atoms with Crippen molar-refractivity contribution in [3.05, 3.63) is 66.1 Å². The number of nitriles is 1. The van der Waals surface area contributed by atoms with Crippen LogP contribution < -0.4 is 15.5 Å². The molecular weight excluding hydrogens is 473 g/mol. The highest BCUT2D eigenvalue weighted by Gasteiger charge is 2.23. The van der Waals surface area contributed by atoms with Crippen LogP contribution in [0.1, 0.15) is 25.3 Å². The van der Waals surface area contributed by atoms with E-state index in [1.54, 1.807) is 29.3 Å². The van der Waals surface area contributed by atoms with Crippen molar-refractivity contribution in [1.29, 1.82) is 5.26 Å². The molecule has 0 atom stereocenters. The van der Waals surface area contributed by atoms with Crippen LogP contribution in [0.5, 0.6) is 0 Å². The maximum Gasteiger partial charge on any atom is 0.229 e. The summed E-state index contributed by atoms with van der Waals surface area (Å²) in [6.45, 7) is 3.49. The van der Waals surface area contributed by atoms with Crippen molar-refractivity contribution in [2.24, 2.45) is 0 Å². The summed E-state index contributed by atoms with van der Waals surface area (Å²) in [5.41, 5.74) is 2.67. The van der Waals surface area contributed by atoms with Gasteiger partial charge in [-0.3, -0.25) is 4.79 Å². The number of amides is 1. The van der Waals surface area contributed by atoms with E-state index in [4.69, 9.17) is 5.26 Å². The van der Waals surface area contributed by atoms with Gasteiger partial charge in [0.1, 0.15) is 17.4 Å². The monoisotopic (exact) mass is 501 g/mol. The van der Waals surface area contributed by atoms with Gasteiger partial charge in [0.25, 0.3) is 0 Å². The lowest BCUT2D eigenvalue weighted by Gasteiger charge is -2.36. The van der Waals surface area contributed by atoms with Gasteiger partial charge in [-0.1, -0.05) is 12.1 Å². The molecule has 10 heteroatoms. The van der Waals surface area contributed by atoms with Crippen LogP contribution in [0.3, 0.4) is 0 Å². The van der Waals surface area contributed by atoms with Gasteiger partial charge < -0.3 is 25.2 Å². The second kappa shape index (κ2) is 11.9. The van der Waals surface area contributed by atoms with Gasteiger partial charge in [0.2, 0.25) is 11.9 Å². The Morgan fingerprint density at radius 1 is 1.03 bits per heavy atom. The molecule has 0 bridgehead atoms. The number of benzene rings is 2. The average molecular weight is 502 g/mol. The Morgan fingerprint density at radius 2 is 1.81 bits per heavy atom. The highest BCUT2D eigenvalue weighted by molar-refractivity contribution is 5.83. The van der Waals surface area contributed by atoms with Crippen LogP contribution in [0.15, 0.2) is 54.7 Å². The number of nitrogens with one attached hydrogen (secondary N) is 2. The first-order chi connectivity index (χ1) is 17.9. The molecule has 1 aliphatic rings.